The van der Waals surface area contributed by atoms with Gasteiger partial charge in [-0.15, -0.1) is 0 Å². The normalized spacial score (nSPS) is 38.8. The molecule has 2 aliphatic heterocycles. The van der Waals surface area contributed by atoms with Crippen molar-refractivity contribution < 1.29 is 14.3 Å². The van der Waals surface area contributed by atoms with Crippen LogP contribution in [0.1, 0.15) is 19.3 Å². The molecule has 2 heterocycles. The van der Waals surface area contributed by atoms with Gasteiger partial charge in [0.15, 0.2) is 11.3 Å². The lowest BCUT2D eigenvalue weighted by atomic mass is 9.87. The van der Waals surface area contributed by atoms with Crippen LogP contribution in [-0.4, -0.2) is 30.4 Å². The van der Waals surface area contributed by atoms with Crippen molar-refractivity contribution in [3.8, 4) is 0 Å². The fourth-order valence-electron chi connectivity index (χ4n) is 2.10. The molecular weight excluding hydrogens is 158 g/mol. The van der Waals surface area contributed by atoms with Crippen LogP contribution in [0.25, 0.3) is 0 Å². The monoisotopic (exact) mass is 169 g/mol. The van der Waals surface area contributed by atoms with E-state index in [9.17, 15) is 9.59 Å². The predicted molar refractivity (Wildman–Crippen MR) is 40.5 cm³/mol. The van der Waals surface area contributed by atoms with Crippen molar-refractivity contribution in [2.24, 2.45) is 0 Å². The molecule has 0 unspecified atom stereocenters. The van der Waals surface area contributed by atoms with E-state index >= 15 is 0 Å². The first-order chi connectivity index (χ1) is 5.69. The number of carbonyl (C=O) groups excluding carboxylic acids is 2. The molecule has 0 aromatic heterocycles. The third kappa shape index (κ3) is 0.756. The summed E-state index contributed by atoms with van der Waals surface area (Å²) in [4.78, 5) is 22.7. The number of carbonyl (C=O) groups is 2. The van der Waals surface area contributed by atoms with Gasteiger partial charge in [0.25, 0.3) is 0 Å². The number of ketones is 1. The molecule has 12 heavy (non-hydrogen) atoms. The Morgan fingerprint density at radius 2 is 2.50 bits per heavy atom. The van der Waals surface area contributed by atoms with Crippen LogP contribution in [-0.2, 0) is 14.3 Å². The van der Waals surface area contributed by atoms with Gasteiger partial charge >= 0.3 is 5.97 Å². The summed E-state index contributed by atoms with van der Waals surface area (Å²) in [5.41, 5.74) is -0.973. The van der Waals surface area contributed by atoms with E-state index in [1.165, 1.54) is 7.11 Å². The molecule has 66 valence electrons. The number of Topliss-reactive ketones (excluding diaryl/α,β-unsaturated/α-hetero) is 1. The van der Waals surface area contributed by atoms with Gasteiger partial charge in [-0.1, -0.05) is 0 Å². The lowest BCUT2D eigenvalue weighted by molar-refractivity contribution is -0.151. The molecule has 2 aliphatic rings. The maximum Gasteiger partial charge on any atom is 0.333 e. The molecule has 0 amide bonds. The number of rotatable bonds is 1. The predicted octanol–water partition coefficient (Wildman–Crippen LogP) is -0.377. The summed E-state index contributed by atoms with van der Waals surface area (Å²) < 4.78 is 4.60. The molecule has 2 rings (SSSR count). The van der Waals surface area contributed by atoms with Gasteiger partial charge in [0.05, 0.1) is 7.11 Å². The van der Waals surface area contributed by atoms with Crippen molar-refractivity contribution in [1.29, 1.82) is 0 Å². The van der Waals surface area contributed by atoms with E-state index in [1.807, 2.05) is 0 Å². The van der Waals surface area contributed by atoms with Crippen molar-refractivity contribution in [3.05, 3.63) is 0 Å². The summed E-state index contributed by atoms with van der Waals surface area (Å²) in [6, 6.07) is 0.205. The maximum atomic E-state index is 11.4. The van der Waals surface area contributed by atoms with E-state index in [-0.39, 0.29) is 11.8 Å². The third-order valence-electron chi connectivity index (χ3n) is 2.76. The van der Waals surface area contributed by atoms with Crippen LogP contribution in [0.15, 0.2) is 0 Å². The Labute approximate surface area is 70.3 Å². The first-order valence-corrected chi connectivity index (χ1v) is 4.08. The van der Waals surface area contributed by atoms with Crippen LogP contribution in [0, 0.1) is 0 Å². The van der Waals surface area contributed by atoms with Gasteiger partial charge in [0.1, 0.15) is 0 Å². The fourth-order valence-corrected chi connectivity index (χ4v) is 2.10. The quantitative estimate of drug-likeness (QED) is 0.429. The molecule has 0 aliphatic carbocycles. The van der Waals surface area contributed by atoms with Crippen LogP contribution in [0.3, 0.4) is 0 Å². The standard InChI is InChI=1S/C8H11NO3/c1-12-7(11)8-3-2-5(9-8)4-6(8)10/h5,9H,2-4H2,1H3/t5-,8+/m0/s1. The second-order valence-electron chi connectivity index (χ2n) is 3.40. The van der Waals surface area contributed by atoms with Crippen LogP contribution in [0.5, 0.6) is 0 Å². The molecular formula is C8H11NO3. The lowest BCUT2D eigenvalue weighted by Crippen LogP contribution is -2.50. The van der Waals surface area contributed by atoms with E-state index in [1.54, 1.807) is 0 Å². The zero-order valence-corrected chi connectivity index (χ0v) is 6.92. The van der Waals surface area contributed by atoms with Crippen molar-refractivity contribution in [2.75, 3.05) is 7.11 Å². The van der Waals surface area contributed by atoms with Crippen LogP contribution in [0.2, 0.25) is 0 Å². The third-order valence-corrected chi connectivity index (χ3v) is 2.76. The minimum atomic E-state index is -0.973. The van der Waals surface area contributed by atoms with E-state index in [0.29, 0.717) is 12.8 Å². The highest BCUT2D eigenvalue weighted by atomic mass is 16.5. The van der Waals surface area contributed by atoms with E-state index in [4.69, 9.17) is 0 Å². The van der Waals surface area contributed by atoms with Gasteiger partial charge in [-0.25, -0.2) is 4.79 Å². The molecule has 4 heteroatoms. The largest absolute Gasteiger partial charge is 0.467 e. The van der Waals surface area contributed by atoms with Crippen molar-refractivity contribution in [3.63, 3.8) is 0 Å². The molecule has 0 aromatic carbocycles. The zero-order chi connectivity index (χ0) is 8.77. The second kappa shape index (κ2) is 2.29. The summed E-state index contributed by atoms with van der Waals surface area (Å²) in [6.07, 6.45) is 1.99. The molecule has 0 radical (unpaired) electrons. The van der Waals surface area contributed by atoms with Crippen molar-refractivity contribution in [2.45, 2.75) is 30.8 Å². The van der Waals surface area contributed by atoms with Crippen LogP contribution in [0.4, 0.5) is 0 Å². The Bertz CT molecular complexity index is 251. The number of fused-ring (bicyclic) bond motifs is 2. The lowest BCUT2D eigenvalue weighted by Gasteiger charge is -2.20. The highest BCUT2D eigenvalue weighted by Gasteiger charge is 2.57. The molecule has 2 saturated heterocycles. The Morgan fingerprint density at radius 1 is 1.75 bits per heavy atom. The summed E-state index contributed by atoms with van der Waals surface area (Å²) in [5.74, 6) is -0.432. The number of hydrogen-bond acceptors (Lipinski definition) is 4. The van der Waals surface area contributed by atoms with E-state index < -0.39 is 11.5 Å². The molecule has 0 spiro atoms. The van der Waals surface area contributed by atoms with Gasteiger partial charge in [0, 0.05) is 12.5 Å². The second-order valence-corrected chi connectivity index (χ2v) is 3.40. The Kier molecular flexibility index (Phi) is 1.48. The minimum Gasteiger partial charge on any atom is -0.467 e. The molecule has 2 fully saturated rings. The highest BCUT2D eigenvalue weighted by molar-refractivity contribution is 6.11. The number of esters is 1. The first-order valence-electron chi connectivity index (χ1n) is 4.08. The summed E-state index contributed by atoms with van der Waals surface area (Å²) in [7, 11) is 1.32. The number of methoxy groups -OCH3 is 1. The maximum absolute atomic E-state index is 11.4. The van der Waals surface area contributed by atoms with Gasteiger partial charge in [0.2, 0.25) is 0 Å². The Hall–Kier alpha value is -0.900. The number of nitrogens with one attached hydrogen (secondary N) is 1. The molecule has 0 aromatic rings. The van der Waals surface area contributed by atoms with Crippen LogP contribution < -0.4 is 5.32 Å². The first kappa shape index (κ1) is 7.73. The van der Waals surface area contributed by atoms with E-state index in [0.717, 1.165) is 6.42 Å². The van der Waals surface area contributed by atoms with Crippen molar-refractivity contribution in [1.82, 2.24) is 5.32 Å². The average molecular weight is 169 g/mol. The molecule has 1 N–H and O–H groups in total. The SMILES string of the molecule is COC(=O)[C@@]12CC[C@@H](CC1=O)N2. The molecule has 2 atom stereocenters. The smallest absolute Gasteiger partial charge is 0.333 e. The minimum absolute atomic E-state index is 0.00870. The topological polar surface area (TPSA) is 55.4 Å². The summed E-state index contributed by atoms with van der Waals surface area (Å²) in [6.45, 7) is 0. The molecule has 4 nitrogen and oxygen atoms in total. The number of ether oxygens (including phenoxy) is 1. The van der Waals surface area contributed by atoms with E-state index in [2.05, 4.69) is 10.1 Å². The van der Waals surface area contributed by atoms with Gasteiger partial charge in [-0.2, -0.15) is 0 Å². The van der Waals surface area contributed by atoms with Gasteiger partial charge in [-0.3, -0.25) is 10.1 Å². The van der Waals surface area contributed by atoms with Crippen molar-refractivity contribution >= 4 is 11.8 Å². The summed E-state index contributed by atoms with van der Waals surface area (Å²) >= 11 is 0. The average Bonchev–Trinajstić information content (AvgIpc) is 2.60. The van der Waals surface area contributed by atoms with Gasteiger partial charge < -0.3 is 4.74 Å². The van der Waals surface area contributed by atoms with Gasteiger partial charge in [-0.05, 0) is 12.8 Å². The summed E-state index contributed by atoms with van der Waals surface area (Å²) in [5, 5.41) is 3.02. The molecule has 2 bridgehead atoms. The fraction of sp³-hybridized carbons (Fsp3) is 0.750. The Morgan fingerprint density at radius 3 is 2.92 bits per heavy atom. The zero-order valence-electron chi connectivity index (χ0n) is 6.92. The highest BCUT2D eigenvalue weighted by Crippen LogP contribution is 2.35. The van der Waals surface area contributed by atoms with Crippen LogP contribution >= 0.6 is 0 Å². The Balaban J connectivity index is 2.29. The number of hydrogen-bond donors (Lipinski definition) is 1. The molecule has 0 saturated carbocycles.